The maximum Gasteiger partial charge on any atom is 0.0448 e. The summed E-state index contributed by atoms with van der Waals surface area (Å²) < 4.78 is 0. The molecule has 0 bridgehead atoms. The lowest BCUT2D eigenvalue weighted by atomic mass is 9.84. The third-order valence-electron chi connectivity index (χ3n) is 4.36. The van der Waals surface area contributed by atoms with Crippen molar-refractivity contribution < 1.29 is 0 Å². The molecular weight excluding hydrogens is 222 g/mol. The molecule has 1 nitrogen and oxygen atoms in total. The fraction of sp³-hybridized carbons (Fsp3) is 1.00. The van der Waals surface area contributed by atoms with Crippen LogP contribution in [0.2, 0.25) is 25.7 Å². The van der Waals surface area contributed by atoms with Gasteiger partial charge in [-0.25, -0.2) is 0 Å². The summed E-state index contributed by atoms with van der Waals surface area (Å²) >= 11 is 0. The highest BCUT2D eigenvalue weighted by Gasteiger charge is 2.54. The van der Waals surface area contributed by atoms with Crippen LogP contribution < -0.4 is 5.32 Å². The van der Waals surface area contributed by atoms with E-state index in [2.05, 4.69) is 45.7 Å². The SMILES string of the molecule is CC(C)(C)NCC1(C[Si](C)(C)C)CC2CC2C1. The van der Waals surface area contributed by atoms with Crippen LogP contribution in [-0.2, 0) is 0 Å². The highest BCUT2D eigenvalue weighted by molar-refractivity contribution is 6.76. The Labute approximate surface area is 109 Å². The van der Waals surface area contributed by atoms with Crippen molar-refractivity contribution >= 4 is 8.07 Å². The summed E-state index contributed by atoms with van der Waals surface area (Å²) in [6.07, 6.45) is 4.58. The van der Waals surface area contributed by atoms with Gasteiger partial charge in [0.15, 0.2) is 0 Å². The van der Waals surface area contributed by atoms with Gasteiger partial charge in [-0.1, -0.05) is 25.7 Å². The molecule has 2 aliphatic carbocycles. The molecule has 0 spiro atoms. The highest BCUT2D eigenvalue weighted by Crippen LogP contribution is 2.62. The largest absolute Gasteiger partial charge is 0.312 e. The zero-order valence-electron chi connectivity index (χ0n) is 12.7. The summed E-state index contributed by atoms with van der Waals surface area (Å²) in [5, 5.41) is 3.79. The third kappa shape index (κ3) is 3.82. The average molecular weight is 254 g/mol. The molecule has 2 aliphatic rings. The molecule has 0 heterocycles. The first-order valence-electron chi connectivity index (χ1n) is 7.34. The van der Waals surface area contributed by atoms with Crippen LogP contribution in [0.4, 0.5) is 0 Å². The van der Waals surface area contributed by atoms with Gasteiger partial charge in [-0.05, 0) is 57.3 Å². The van der Waals surface area contributed by atoms with Crippen LogP contribution >= 0.6 is 0 Å². The van der Waals surface area contributed by atoms with Gasteiger partial charge in [-0.15, -0.1) is 0 Å². The van der Waals surface area contributed by atoms with E-state index < -0.39 is 8.07 Å². The molecule has 2 unspecified atom stereocenters. The van der Waals surface area contributed by atoms with Gasteiger partial charge in [0.05, 0.1) is 0 Å². The maximum absolute atomic E-state index is 3.79. The summed E-state index contributed by atoms with van der Waals surface area (Å²) in [6, 6.07) is 1.52. The molecular formula is C15H31NSi. The Morgan fingerprint density at radius 3 is 2.06 bits per heavy atom. The zero-order chi connectivity index (χ0) is 12.9. The first-order valence-corrected chi connectivity index (χ1v) is 11.0. The van der Waals surface area contributed by atoms with Crippen LogP contribution in [0.25, 0.3) is 0 Å². The number of fused-ring (bicyclic) bond motifs is 1. The second kappa shape index (κ2) is 4.09. The molecule has 100 valence electrons. The summed E-state index contributed by atoms with van der Waals surface area (Å²) in [7, 11) is -0.940. The fourth-order valence-corrected chi connectivity index (χ4v) is 6.60. The van der Waals surface area contributed by atoms with Crippen molar-refractivity contribution in [3.05, 3.63) is 0 Å². The van der Waals surface area contributed by atoms with Gasteiger partial charge >= 0.3 is 0 Å². The first-order chi connectivity index (χ1) is 7.59. The maximum atomic E-state index is 3.79. The normalized spacial score (nSPS) is 37.1. The predicted octanol–water partition coefficient (Wildman–Crippen LogP) is 4.13. The van der Waals surface area contributed by atoms with Crippen LogP contribution in [0.5, 0.6) is 0 Å². The van der Waals surface area contributed by atoms with E-state index in [0.29, 0.717) is 5.41 Å². The van der Waals surface area contributed by atoms with Gasteiger partial charge in [0.25, 0.3) is 0 Å². The lowest BCUT2D eigenvalue weighted by Gasteiger charge is -2.38. The van der Waals surface area contributed by atoms with E-state index in [1.165, 1.54) is 25.4 Å². The number of hydrogen-bond donors (Lipinski definition) is 1. The van der Waals surface area contributed by atoms with Crippen molar-refractivity contribution in [2.45, 2.75) is 71.3 Å². The fourth-order valence-electron chi connectivity index (χ4n) is 3.93. The third-order valence-corrected chi connectivity index (χ3v) is 6.17. The van der Waals surface area contributed by atoms with Gasteiger partial charge in [0.2, 0.25) is 0 Å². The van der Waals surface area contributed by atoms with E-state index in [4.69, 9.17) is 0 Å². The molecule has 0 amide bonds. The Kier molecular flexibility index (Phi) is 3.27. The molecule has 2 heteroatoms. The molecule has 0 aliphatic heterocycles. The van der Waals surface area contributed by atoms with Crippen LogP contribution in [0.15, 0.2) is 0 Å². The van der Waals surface area contributed by atoms with Crippen molar-refractivity contribution in [2.24, 2.45) is 17.3 Å². The minimum Gasteiger partial charge on any atom is -0.312 e. The Bertz CT molecular complexity index is 274. The van der Waals surface area contributed by atoms with E-state index in [1.807, 2.05) is 0 Å². The molecule has 0 aromatic heterocycles. The average Bonchev–Trinajstić information content (AvgIpc) is 2.68. The monoisotopic (exact) mass is 253 g/mol. The van der Waals surface area contributed by atoms with Crippen molar-refractivity contribution in [2.75, 3.05) is 6.54 Å². The minimum atomic E-state index is -0.940. The van der Waals surface area contributed by atoms with Gasteiger partial charge in [0, 0.05) is 20.2 Å². The first kappa shape index (κ1) is 13.6. The predicted molar refractivity (Wildman–Crippen MR) is 79.2 cm³/mol. The smallest absolute Gasteiger partial charge is 0.0448 e. The lowest BCUT2D eigenvalue weighted by Crippen LogP contribution is -2.46. The second-order valence-corrected chi connectivity index (χ2v) is 14.5. The van der Waals surface area contributed by atoms with Crippen molar-refractivity contribution in [3.8, 4) is 0 Å². The van der Waals surface area contributed by atoms with E-state index in [-0.39, 0.29) is 5.54 Å². The van der Waals surface area contributed by atoms with Crippen LogP contribution in [0.1, 0.15) is 40.0 Å². The number of nitrogens with one attached hydrogen (secondary N) is 1. The topological polar surface area (TPSA) is 12.0 Å². The number of rotatable bonds is 4. The Balaban J connectivity index is 1.98. The van der Waals surface area contributed by atoms with Gasteiger partial charge in [-0.3, -0.25) is 0 Å². The molecule has 2 saturated carbocycles. The van der Waals surface area contributed by atoms with E-state index in [0.717, 1.165) is 11.8 Å². The highest BCUT2D eigenvalue weighted by atomic mass is 28.3. The van der Waals surface area contributed by atoms with Gasteiger partial charge in [-0.2, -0.15) is 0 Å². The van der Waals surface area contributed by atoms with Crippen molar-refractivity contribution in [3.63, 3.8) is 0 Å². The Morgan fingerprint density at radius 2 is 1.65 bits per heavy atom. The van der Waals surface area contributed by atoms with E-state index in [1.54, 1.807) is 6.42 Å². The standard InChI is InChI=1S/C15H31NSi/c1-14(2,3)16-10-15(11-17(4,5)6)8-12-7-13(12)9-15/h12-13,16H,7-11H2,1-6H3. The van der Waals surface area contributed by atoms with E-state index in [9.17, 15) is 0 Å². The summed E-state index contributed by atoms with van der Waals surface area (Å²) in [4.78, 5) is 0. The Hall–Kier alpha value is 0.177. The van der Waals surface area contributed by atoms with Crippen molar-refractivity contribution in [1.29, 1.82) is 0 Å². The summed E-state index contributed by atoms with van der Waals surface area (Å²) in [6.45, 7) is 15.8. The summed E-state index contributed by atoms with van der Waals surface area (Å²) in [5.41, 5.74) is 0.935. The molecule has 2 atom stereocenters. The quantitative estimate of drug-likeness (QED) is 0.743. The summed E-state index contributed by atoms with van der Waals surface area (Å²) in [5.74, 6) is 2.21. The Morgan fingerprint density at radius 1 is 1.12 bits per heavy atom. The molecule has 1 N–H and O–H groups in total. The molecule has 2 fully saturated rings. The molecule has 0 saturated heterocycles. The van der Waals surface area contributed by atoms with Crippen LogP contribution in [0.3, 0.4) is 0 Å². The zero-order valence-corrected chi connectivity index (χ0v) is 13.7. The van der Waals surface area contributed by atoms with E-state index >= 15 is 0 Å². The second-order valence-electron chi connectivity index (χ2n) is 9.01. The molecule has 0 aromatic carbocycles. The number of hydrogen-bond acceptors (Lipinski definition) is 1. The van der Waals surface area contributed by atoms with Crippen LogP contribution in [-0.4, -0.2) is 20.2 Å². The molecule has 2 rings (SSSR count). The van der Waals surface area contributed by atoms with Gasteiger partial charge < -0.3 is 5.32 Å². The van der Waals surface area contributed by atoms with Gasteiger partial charge in [0.1, 0.15) is 0 Å². The minimum absolute atomic E-state index is 0.277. The molecule has 0 radical (unpaired) electrons. The van der Waals surface area contributed by atoms with Crippen LogP contribution in [0, 0.1) is 17.3 Å². The van der Waals surface area contributed by atoms with Crippen molar-refractivity contribution in [1.82, 2.24) is 5.32 Å². The lowest BCUT2D eigenvalue weighted by molar-refractivity contribution is 0.247. The molecule has 17 heavy (non-hydrogen) atoms. The molecule has 0 aromatic rings.